The number of benzene rings is 1. The van der Waals surface area contributed by atoms with Crippen LogP contribution in [0.5, 0.6) is 0 Å². The summed E-state index contributed by atoms with van der Waals surface area (Å²) < 4.78 is 1.81. The first-order valence-corrected chi connectivity index (χ1v) is 9.08. The second kappa shape index (κ2) is 6.23. The monoisotopic (exact) mass is 353 g/mol. The second-order valence-electron chi connectivity index (χ2n) is 7.38. The van der Waals surface area contributed by atoms with Crippen LogP contribution in [0.3, 0.4) is 0 Å². The van der Waals surface area contributed by atoms with Crippen LogP contribution in [0.25, 0.3) is 0 Å². The molecule has 2 heterocycles. The van der Waals surface area contributed by atoms with Gasteiger partial charge in [0.05, 0.1) is 5.92 Å². The smallest absolute Gasteiger partial charge is 0.251 e. The second-order valence-corrected chi connectivity index (χ2v) is 7.38. The van der Waals surface area contributed by atoms with Crippen LogP contribution in [0.4, 0.5) is 5.69 Å². The fraction of sp³-hybridized carbons (Fsp3) is 0.474. The lowest BCUT2D eigenvalue weighted by Gasteiger charge is -2.14. The predicted octanol–water partition coefficient (Wildman–Crippen LogP) is 2.25. The molecule has 0 radical (unpaired) electrons. The lowest BCUT2D eigenvalue weighted by molar-refractivity contribution is -0.116. The van der Waals surface area contributed by atoms with Gasteiger partial charge in [-0.15, -0.1) is 0 Å². The SMILES string of the molecule is CC(=O)N1C[C@@H](c2ncn(C(C)C)n2)c2cc(C(=O)NC3CC3)ccc21. The number of amides is 2. The highest BCUT2D eigenvalue weighted by molar-refractivity contribution is 5.98. The quantitative estimate of drug-likeness (QED) is 0.914. The molecular weight excluding hydrogens is 330 g/mol. The molecule has 4 rings (SSSR count). The van der Waals surface area contributed by atoms with Crippen LogP contribution in [0.1, 0.15) is 67.3 Å². The van der Waals surface area contributed by atoms with E-state index in [0.717, 1.165) is 24.1 Å². The van der Waals surface area contributed by atoms with Gasteiger partial charge in [0.1, 0.15) is 6.33 Å². The molecule has 1 aliphatic heterocycles. The zero-order valence-corrected chi connectivity index (χ0v) is 15.3. The summed E-state index contributed by atoms with van der Waals surface area (Å²) in [7, 11) is 0. The predicted molar refractivity (Wildman–Crippen MR) is 97.2 cm³/mol. The Morgan fingerprint density at radius 3 is 2.65 bits per heavy atom. The molecule has 26 heavy (non-hydrogen) atoms. The van der Waals surface area contributed by atoms with E-state index in [9.17, 15) is 9.59 Å². The first-order valence-electron chi connectivity index (χ1n) is 9.08. The van der Waals surface area contributed by atoms with E-state index in [1.165, 1.54) is 0 Å². The van der Waals surface area contributed by atoms with E-state index >= 15 is 0 Å². The molecule has 1 N–H and O–H groups in total. The van der Waals surface area contributed by atoms with Crippen molar-refractivity contribution in [3.05, 3.63) is 41.5 Å². The number of carbonyl (C=O) groups excluding carboxylic acids is 2. The van der Waals surface area contributed by atoms with Gasteiger partial charge in [0.2, 0.25) is 5.91 Å². The number of fused-ring (bicyclic) bond motifs is 1. The maximum Gasteiger partial charge on any atom is 0.251 e. The van der Waals surface area contributed by atoms with Crippen LogP contribution in [-0.4, -0.2) is 39.2 Å². The number of rotatable bonds is 4. The Morgan fingerprint density at radius 2 is 2.04 bits per heavy atom. The largest absolute Gasteiger partial charge is 0.349 e. The maximum atomic E-state index is 12.4. The van der Waals surface area contributed by atoms with E-state index < -0.39 is 0 Å². The average molecular weight is 353 g/mol. The summed E-state index contributed by atoms with van der Waals surface area (Å²) in [6, 6.07) is 6.06. The number of nitrogens with zero attached hydrogens (tertiary/aromatic N) is 4. The van der Waals surface area contributed by atoms with Gasteiger partial charge in [-0.3, -0.25) is 14.3 Å². The van der Waals surface area contributed by atoms with Crippen LogP contribution >= 0.6 is 0 Å². The van der Waals surface area contributed by atoms with Crippen molar-refractivity contribution >= 4 is 17.5 Å². The highest BCUT2D eigenvalue weighted by atomic mass is 16.2. The molecule has 7 heteroatoms. The lowest BCUT2D eigenvalue weighted by atomic mass is 9.98. The average Bonchev–Trinajstić information content (AvgIpc) is 3.14. The number of anilines is 1. The summed E-state index contributed by atoms with van der Waals surface area (Å²) in [6.07, 6.45) is 3.82. The zero-order valence-electron chi connectivity index (χ0n) is 15.3. The van der Waals surface area contributed by atoms with Crippen molar-refractivity contribution in [2.45, 2.75) is 51.6 Å². The van der Waals surface area contributed by atoms with E-state index in [2.05, 4.69) is 15.4 Å². The molecular formula is C19H23N5O2. The van der Waals surface area contributed by atoms with Gasteiger partial charge >= 0.3 is 0 Å². The number of nitrogens with one attached hydrogen (secondary N) is 1. The summed E-state index contributed by atoms with van der Waals surface area (Å²) in [5.74, 6) is 0.481. The standard InChI is InChI=1S/C19H23N5O2/c1-11(2)24-10-20-18(22-24)16-9-23(12(3)25)17-7-4-13(8-15(16)17)19(26)21-14-5-6-14/h4,7-8,10-11,14,16H,5-6,9H2,1-3H3,(H,21,26)/t16-/m1/s1. The lowest BCUT2D eigenvalue weighted by Crippen LogP contribution is -2.27. The highest BCUT2D eigenvalue weighted by Gasteiger charge is 2.35. The molecule has 2 aromatic rings. The van der Waals surface area contributed by atoms with Crippen molar-refractivity contribution in [2.24, 2.45) is 0 Å². The van der Waals surface area contributed by atoms with Crippen LogP contribution < -0.4 is 10.2 Å². The molecule has 1 aliphatic carbocycles. The zero-order chi connectivity index (χ0) is 18.4. The molecule has 136 valence electrons. The van der Waals surface area contributed by atoms with Gasteiger partial charge in [-0.25, -0.2) is 4.98 Å². The van der Waals surface area contributed by atoms with E-state index in [-0.39, 0.29) is 23.8 Å². The van der Waals surface area contributed by atoms with Crippen LogP contribution in [0.2, 0.25) is 0 Å². The van der Waals surface area contributed by atoms with Crippen molar-refractivity contribution in [3.8, 4) is 0 Å². The molecule has 1 atom stereocenters. The third-order valence-corrected chi connectivity index (χ3v) is 4.98. The molecule has 1 aromatic heterocycles. The Morgan fingerprint density at radius 1 is 1.27 bits per heavy atom. The van der Waals surface area contributed by atoms with E-state index in [1.54, 1.807) is 24.2 Å². The number of hydrogen-bond acceptors (Lipinski definition) is 4. The van der Waals surface area contributed by atoms with E-state index in [0.29, 0.717) is 24.0 Å². The van der Waals surface area contributed by atoms with E-state index in [4.69, 9.17) is 0 Å². The van der Waals surface area contributed by atoms with Gasteiger partial charge in [-0.1, -0.05) is 0 Å². The summed E-state index contributed by atoms with van der Waals surface area (Å²) >= 11 is 0. The molecule has 1 fully saturated rings. The fourth-order valence-electron chi connectivity index (χ4n) is 3.31. The Balaban J connectivity index is 1.70. The van der Waals surface area contributed by atoms with Crippen LogP contribution in [0.15, 0.2) is 24.5 Å². The molecule has 2 aliphatic rings. The minimum atomic E-state index is -0.123. The molecule has 0 spiro atoms. The Kier molecular flexibility index (Phi) is 4.01. The third-order valence-electron chi connectivity index (χ3n) is 4.98. The van der Waals surface area contributed by atoms with Gasteiger partial charge in [0.15, 0.2) is 5.82 Å². The summed E-state index contributed by atoms with van der Waals surface area (Å²) in [5, 5.41) is 7.60. The molecule has 0 bridgehead atoms. The number of carbonyl (C=O) groups is 2. The summed E-state index contributed by atoms with van der Waals surface area (Å²) in [5.41, 5.74) is 2.39. The molecule has 2 amide bonds. The summed E-state index contributed by atoms with van der Waals surface area (Å²) in [4.78, 5) is 30.7. The van der Waals surface area contributed by atoms with Gasteiger partial charge in [-0.2, -0.15) is 5.10 Å². The molecule has 1 saturated carbocycles. The Bertz CT molecular complexity index is 869. The molecule has 0 unspecified atom stereocenters. The molecule has 1 aromatic carbocycles. The Labute approximate surface area is 152 Å². The minimum Gasteiger partial charge on any atom is -0.349 e. The maximum absolute atomic E-state index is 12.4. The number of aromatic nitrogens is 3. The molecule has 7 nitrogen and oxygen atoms in total. The topological polar surface area (TPSA) is 80.1 Å². The van der Waals surface area contributed by atoms with Crippen molar-refractivity contribution in [1.82, 2.24) is 20.1 Å². The normalized spacial score (nSPS) is 18.9. The Hall–Kier alpha value is -2.70. The van der Waals surface area contributed by atoms with Crippen molar-refractivity contribution in [1.29, 1.82) is 0 Å². The fourth-order valence-corrected chi connectivity index (χ4v) is 3.31. The van der Waals surface area contributed by atoms with Crippen molar-refractivity contribution < 1.29 is 9.59 Å². The van der Waals surface area contributed by atoms with E-state index in [1.807, 2.05) is 30.7 Å². The van der Waals surface area contributed by atoms with Gasteiger partial charge in [0, 0.05) is 36.8 Å². The first-order chi connectivity index (χ1) is 12.4. The van der Waals surface area contributed by atoms with Gasteiger partial charge in [0.25, 0.3) is 5.91 Å². The molecule has 0 saturated heterocycles. The first kappa shape index (κ1) is 16.8. The highest BCUT2D eigenvalue weighted by Crippen LogP contribution is 2.39. The van der Waals surface area contributed by atoms with Gasteiger partial charge < -0.3 is 10.2 Å². The van der Waals surface area contributed by atoms with Crippen LogP contribution in [0, 0.1) is 0 Å². The van der Waals surface area contributed by atoms with Crippen molar-refractivity contribution in [3.63, 3.8) is 0 Å². The van der Waals surface area contributed by atoms with Gasteiger partial charge in [-0.05, 0) is 50.5 Å². The van der Waals surface area contributed by atoms with Crippen molar-refractivity contribution in [2.75, 3.05) is 11.4 Å². The number of hydrogen-bond donors (Lipinski definition) is 1. The van der Waals surface area contributed by atoms with Crippen LogP contribution in [-0.2, 0) is 4.79 Å². The minimum absolute atomic E-state index is 0.0211. The third kappa shape index (κ3) is 2.98. The summed E-state index contributed by atoms with van der Waals surface area (Å²) in [6.45, 7) is 6.15.